The van der Waals surface area contributed by atoms with Crippen LogP contribution in [0.25, 0.3) is 0 Å². The molecule has 0 aliphatic heterocycles. The standard InChI is InChI=1S/C7H9N3O4/c1-14-6(11)3-2-5-7(10(12)13)9-4-8-5/h4H,2-3H2,1H3,(H,8,9). The third-order valence-corrected chi connectivity index (χ3v) is 1.67. The molecule has 0 saturated heterocycles. The van der Waals surface area contributed by atoms with Gasteiger partial charge in [-0.25, -0.2) is 9.97 Å². The zero-order chi connectivity index (χ0) is 10.6. The van der Waals surface area contributed by atoms with Gasteiger partial charge in [-0.2, -0.15) is 0 Å². The van der Waals surface area contributed by atoms with E-state index in [1.165, 1.54) is 13.4 Å². The molecule has 1 heterocycles. The molecular weight excluding hydrogens is 190 g/mol. The molecule has 0 aromatic carbocycles. The average Bonchev–Trinajstić information content (AvgIpc) is 2.62. The van der Waals surface area contributed by atoms with E-state index in [1.54, 1.807) is 0 Å². The molecule has 0 fully saturated rings. The van der Waals surface area contributed by atoms with Gasteiger partial charge in [-0.05, 0) is 4.92 Å². The number of esters is 1. The Morgan fingerprint density at radius 1 is 1.79 bits per heavy atom. The van der Waals surface area contributed by atoms with Crippen molar-refractivity contribution in [1.82, 2.24) is 9.97 Å². The number of aryl methyl sites for hydroxylation is 1. The molecule has 1 aromatic heterocycles. The molecule has 0 saturated carbocycles. The normalized spacial score (nSPS) is 9.79. The number of aromatic amines is 1. The van der Waals surface area contributed by atoms with E-state index < -0.39 is 10.9 Å². The number of nitrogens with zero attached hydrogens (tertiary/aromatic N) is 2. The van der Waals surface area contributed by atoms with E-state index in [0.29, 0.717) is 0 Å². The molecule has 7 heteroatoms. The van der Waals surface area contributed by atoms with E-state index in [-0.39, 0.29) is 24.4 Å². The lowest BCUT2D eigenvalue weighted by Crippen LogP contribution is -2.03. The first-order chi connectivity index (χ1) is 6.65. The fourth-order valence-corrected chi connectivity index (χ4v) is 0.979. The van der Waals surface area contributed by atoms with Gasteiger partial charge in [0.05, 0.1) is 13.5 Å². The van der Waals surface area contributed by atoms with Gasteiger partial charge in [-0.3, -0.25) is 4.79 Å². The van der Waals surface area contributed by atoms with Gasteiger partial charge in [0.2, 0.25) is 0 Å². The van der Waals surface area contributed by atoms with E-state index in [2.05, 4.69) is 14.7 Å². The van der Waals surface area contributed by atoms with Gasteiger partial charge in [0.1, 0.15) is 5.69 Å². The Balaban J connectivity index is 2.63. The molecule has 0 spiro atoms. The maximum atomic E-state index is 10.8. The van der Waals surface area contributed by atoms with Crippen molar-refractivity contribution in [3.63, 3.8) is 0 Å². The summed E-state index contributed by atoms with van der Waals surface area (Å²) in [6.45, 7) is 0. The van der Waals surface area contributed by atoms with Crippen molar-refractivity contribution in [2.45, 2.75) is 12.8 Å². The Labute approximate surface area is 79.2 Å². The van der Waals surface area contributed by atoms with Crippen molar-refractivity contribution in [2.24, 2.45) is 0 Å². The van der Waals surface area contributed by atoms with Crippen LogP contribution in [-0.4, -0.2) is 28.0 Å². The fourth-order valence-electron chi connectivity index (χ4n) is 0.979. The summed E-state index contributed by atoms with van der Waals surface area (Å²) in [6.07, 6.45) is 1.51. The highest BCUT2D eigenvalue weighted by Crippen LogP contribution is 2.13. The maximum absolute atomic E-state index is 10.8. The van der Waals surface area contributed by atoms with Crippen molar-refractivity contribution < 1.29 is 14.5 Å². The van der Waals surface area contributed by atoms with Gasteiger partial charge in [0.15, 0.2) is 6.33 Å². The van der Waals surface area contributed by atoms with Crippen LogP contribution >= 0.6 is 0 Å². The number of methoxy groups -OCH3 is 1. The van der Waals surface area contributed by atoms with Crippen LogP contribution in [0.1, 0.15) is 12.1 Å². The number of carbonyl (C=O) groups excluding carboxylic acids is 1. The molecule has 14 heavy (non-hydrogen) atoms. The molecule has 1 aromatic rings. The van der Waals surface area contributed by atoms with Crippen LogP contribution in [0.2, 0.25) is 0 Å². The quantitative estimate of drug-likeness (QED) is 0.430. The Morgan fingerprint density at radius 3 is 3.07 bits per heavy atom. The van der Waals surface area contributed by atoms with Crippen LogP contribution in [0.5, 0.6) is 0 Å². The topological polar surface area (TPSA) is 98.1 Å². The highest BCUT2D eigenvalue weighted by Gasteiger charge is 2.15. The predicted octanol–water partition coefficient (Wildman–Crippen LogP) is 0.423. The Bertz CT molecular complexity index is 346. The molecule has 0 unspecified atom stereocenters. The lowest BCUT2D eigenvalue weighted by Gasteiger charge is -1.97. The number of ether oxygens (including phenoxy) is 1. The van der Waals surface area contributed by atoms with Gasteiger partial charge in [-0.15, -0.1) is 0 Å². The number of hydrogen-bond donors (Lipinski definition) is 1. The molecule has 0 amide bonds. The summed E-state index contributed by atoms with van der Waals surface area (Å²) in [6, 6.07) is 0. The summed E-state index contributed by atoms with van der Waals surface area (Å²) in [5, 5.41) is 10.4. The molecular formula is C7H9N3O4. The number of nitro groups is 1. The largest absolute Gasteiger partial charge is 0.469 e. The summed E-state index contributed by atoms with van der Waals surface area (Å²) in [4.78, 5) is 26.7. The zero-order valence-corrected chi connectivity index (χ0v) is 7.52. The first kappa shape index (κ1) is 10.2. The second-order valence-corrected chi connectivity index (χ2v) is 2.53. The minimum Gasteiger partial charge on any atom is -0.469 e. The van der Waals surface area contributed by atoms with E-state index in [0.717, 1.165) is 0 Å². The molecule has 0 bridgehead atoms. The van der Waals surface area contributed by atoms with Crippen molar-refractivity contribution in [3.8, 4) is 0 Å². The van der Waals surface area contributed by atoms with Crippen LogP contribution in [-0.2, 0) is 16.0 Å². The lowest BCUT2D eigenvalue weighted by molar-refractivity contribution is -0.390. The summed E-state index contributed by atoms with van der Waals surface area (Å²) in [5.41, 5.74) is 0.264. The highest BCUT2D eigenvalue weighted by molar-refractivity contribution is 5.69. The lowest BCUT2D eigenvalue weighted by atomic mass is 10.2. The SMILES string of the molecule is COC(=O)CCc1nc[nH]c1[N+](=O)[O-]. The average molecular weight is 199 g/mol. The van der Waals surface area contributed by atoms with E-state index in [9.17, 15) is 14.9 Å². The Kier molecular flexibility index (Phi) is 3.16. The van der Waals surface area contributed by atoms with Crippen molar-refractivity contribution >= 4 is 11.8 Å². The number of hydrogen-bond acceptors (Lipinski definition) is 5. The zero-order valence-electron chi connectivity index (χ0n) is 7.52. The number of aromatic nitrogens is 2. The predicted molar refractivity (Wildman–Crippen MR) is 45.6 cm³/mol. The first-order valence-corrected chi connectivity index (χ1v) is 3.88. The summed E-state index contributed by atoms with van der Waals surface area (Å²) in [7, 11) is 1.27. The molecule has 76 valence electrons. The molecule has 0 aliphatic rings. The molecule has 1 N–H and O–H groups in total. The summed E-state index contributed by atoms with van der Waals surface area (Å²) in [5.74, 6) is -0.587. The highest BCUT2D eigenvalue weighted by atomic mass is 16.6. The van der Waals surface area contributed by atoms with Crippen LogP contribution in [0.3, 0.4) is 0 Å². The smallest absolute Gasteiger partial charge is 0.343 e. The molecule has 0 radical (unpaired) electrons. The minimum atomic E-state index is -0.570. The summed E-state index contributed by atoms with van der Waals surface area (Å²) >= 11 is 0. The number of rotatable bonds is 4. The number of H-pyrrole nitrogens is 1. The summed E-state index contributed by atoms with van der Waals surface area (Å²) < 4.78 is 4.40. The van der Waals surface area contributed by atoms with Gasteiger partial charge in [-0.1, -0.05) is 0 Å². The monoisotopic (exact) mass is 199 g/mol. The van der Waals surface area contributed by atoms with Gasteiger partial charge in [0, 0.05) is 6.42 Å². The van der Waals surface area contributed by atoms with Crippen molar-refractivity contribution in [1.29, 1.82) is 0 Å². The van der Waals surface area contributed by atoms with Gasteiger partial charge >= 0.3 is 11.8 Å². The van der Waals surface area contributed by atoms with E-state index >= 15 is 0 Å². The fraction of sp³-hybridized carbons (Fsp3) is 0.429. The maximum Gasteiger partial charge on any atom is 0.343 e. The van der Waals surface area contributed by atoms with Crippen molar-refractivity contribution in [3.05, 3.63) is 22.1 Å². The van der Waals surface area contributed by atoms with Gasteiger partial charge < -0.3 is 14.9 Å². The molecule has 0 atom stereocenters. The Hall–Kier alpha value is -1.92. The minimum absolute atomic E-state index is 0.0855. The van der Waals surface area contributed by atoms with Crippen LogP contribution < -0.4 is 0 Å². The number of carbonyl (C=O) groups is 1. The second kappa shape index (κ2) is 4.35. The van der Waals surface area contributed by atoms with E-state index in [4.69, 9.17) is 0 Å². The van der Waals surface area contributed by atoms with E-state index in [1.807, 2.05) is 0 Å². The molecule has 0 aliphatic carbocycles. The molecule has 7 nitrogen and oxygen atoms in total. The first-order valence-electron chi connectivity index (χ1n) is 3.88. The second-order valence-electron chi connectivity index (χ2n) is 2.53. The van der Waals surface area contributed by atoms with Crippen LogP contribution in [0.15, 0.2) is 6.33 Å². The van der Waals surface area contributed by atoms with Gasteiger partial charge in [0.25, 0.3) is 0 Å². The molecule has 1 rings (SSSR count). The third kappa shape index (κ3) is 2.28. The third-order valence-electron chi connectivity index (χ3n) is 1.67. The van der Waals surface area contributed by atoms with Crippen LogP contribution in [0, 0.1) is 10.1 Å². The van der Waals surface area contributed by atoms with Crippen LogP contribution in [0.4, 0.5) is 5.82 Å². The Morgan fingerprint density at radius 2 is 2.50 bits per heavy atom. The number of imidazole rings is 1. The number of nitrogens with one attached hydrogen (secondary N) is 1. The van der Waals surface area contributed by atoms with Crippen molar-refractivity contribution in [2.75, 3.05) is 7.11 Å².